The third-order valence-electron chi connectivity index (χ3n) is 4.12. The molecule has 1 aliphatic heterocycles. The second-order valence-electron chi connectivity index (χ2n) is 5.66. The molecule has 0 radical (unpaired) electrons. The lowest BCUT2D eigenvalue weighted by atomic mass is 9.80. The molecule has 1 amide bonds. The molecular formula is C19H23NO4. The number of hydrogen-bond acceptors (Lipinski definition) is 4. The number of allylic oxidation sites excluding steroid dienone is 1. The predicted octanol–water partition coefficient (Wildman–Crippen LogP) is 1.90. The van der Waals surface area contributed by atoms with Crippen LogP contribution in [0, 0.1) is 18.3 Å². The van der Waals surface area contributed by atoms with Gasteiger partial charge in [0.15, 0.2) is 5.76 Å². The summed E-state index contributed by atoms with van der Waals surface area (Å²) in [6.07, 6.45) is 7.89. The van der Waals surface area contributed by atoms with Crippen LogP contribution in [-0.2, 0) is 14.3 Å². The quantitative estimate of drug-likeness (QED) is 0.749. The Kier molecular flexibility index (Phi) is 6.42. The number of nitrogens with two attached hydrogens (primary N) is 1. The van der Waals surface area contributed by atoms with E-state index in [9.17, 15) is 9.90 Å². The summed E-state index contributed by atoms with van der Waals surface area (Å²) in [7, 11) is 0. The summed E-state index contributed by atoms with van der Waals surface area (Å²) < 4.78 is 11.3. The molecule has 0 saturated carbocycles. The Morgan fingerprint density at radius 2 is 2.12 bits per heavy atom. The summed E-state index contributed by atoms with van der Waals surface area (Å²) >= 11 is 0. The zero-order valence-electron chi connectivity index (χ0n) is 13.8. The molecule has 0 bridgehead atoms. The number of hydrogen-bond donors (Lipinski definition) is 2. The van der Waals surface area contributed by atoms with Gasteiger partial charge >= 0.3 is 0 Å². The summed E-state index contributed by atoms with van der Waals surface area (Å²) in [6.45, 7) is 2.41. The van der Waals surface area contributed by atoms with E-state index in [4.69, 9.17) is 21.6 Å². The molecule has 0 aromatic heterocycles. The standard InChI is InChI=1S/C19H23NO4/c1-3-13-7-9-14(10-8-13)16-12-17(18(20)22)24-19(23-4-2)15(16)6-5-11-21/h1,7-10,12,15-16,19,21H,4-6,11H2,2H3,(H2,20,22)/t15-,16-,19-/m0/s1. The van der Waals surface area contributed by atoms with E-state index in [1.54, 1.807) is 6.08 Å². The second-order valence-corrected chi connectivity index (χ2v) is 5.66. The van der Waals surface area contributed by atoms with Gasteiger partial charge in [0.1, 0.15) is 0 Å². The maximum absolute atomic E-state index is 11.6. The van der Waals surface area contributed by atoms with Crippen LogP contribution in [0.1, 0.15) is 36.8 Å². The summed E-state index contributed by atoms with van der Waals surface area (Å²) in [5, 5.41) is 9.19. The van der Waals surface area contributed by atoms with Crippen molar-refractivity contribution in [3.8, 4) is 12.3 Å². The van der Waals surface area contributed by atoms with E-state index in [1.165, 1.54) is 0 Å². The number of carbonyl (C=O) groups excluding carboxylic acids is 1. The molecular weight excluding hydrogens is 306 g/mol. The summed E-state index contributed by atoms with van der Waals surface area (Å²) in [6, 6.07) is 7.60. The molecule has 0 saturated heterocycles. The first kappa shape index (κ1) is 18.1. The Morgan fingerprint density at radius 3 is 2.67 bits per heavy atom. The number of rotatable bonds is 7. The van der Waals surface area contributed by atoms with Crippen molar-refractivity contribution >= 4 is 5.91 Å². The molecule has 1 aromatic carbocycles. The zero-order valence-corrected chi connectivity index (χ0v) is 13.8. The van der Waals surface area contributed by atoms with Crippen LogP contribution in [0.2, 0.25) is 0 Å². The smallest absolute Gasteiger partial charge is 0.283 e. The van der Waals surface area contributed by atoms with Crippen LogP contribution < -0.4 is 5.73 Å². The predicted molar refractivity (Wildman–Crippen MR) is 90.7 cm³/mol. The fraction of sp³-hybridized carbons (Fsp3) is 0.421. The highest BCUT2D eigenvalue weighted by atomic mass is 16.7. The Morgan fingerprint density at radius 1 is 1.42 bits per heavy atom. The van der Waals surface area contributed by atoms with Gasteiger partial charge in [-0.05, 0) is 43.5 Å². The number of terminal acetylenes is 1. The first-order chi connectivity index (χ1) is 11.6. The number of benzene rings is 1. The normalized spacial score (nSPS) is 23.0. The highest BCUT2D eigenvalue weighted by Gasteiger charge is 2.37. The zero-order chi connectivity index (χ0) is 17.5. The molecule has 0 fully saturated rings. The third-order valence-corrected chi connectivity index (χ3v) is 4.12. The van der Waals surface area contributed by atoms with E-state index < -0.39 is 12.2 Å². The fourth-order valence-corrected chi connectivity index (χ4v) is 2.96. The third kappa shape index (κ3) is 4.16. The second kappa shape index (κ2) is 8.53. The number of amides is 1. The lowest BCUT2D eigenvalue weighted by Crippen LogP contribution is -2.37. The van der Waals surface area contributed by atoms with Gasteiger partial charge in [-0.25, -0.2) is 0 Å². The molecule has 3 atom stereocenters. The number of aliphatic hydroxyl groups is 1. The number of carbonyl (C=O) groups is 1. The summed E-state index contributed by atoms with van der Waals surface area (Å²) in [4.78, 5) is 11.6. The molecule has 5 nitrogen and oxygen atoms in total. The Labute approximate surface area is 142 Å². The van der Waals surface area contributed by atoms with Crippen LogP contribution in [-0.4, -0.2) is 30.5 Å². The maximum Gasteiger partial charge on any atom is 0.283 e. The average molecular weight is 329 g/mol. The SMILES string of the molecule is C#Cc1ccc([C@@H]2C=C(C(N)=O)O[C@H](OCC)[C@H]2CCCO)cc1. The van der Waals surface area contributed by atoms with Crippen molar-refractivity contribution in [1.82, 2.24) is 0 Å². The Hall–Kier alpha value is -2.29. The molecule has 2 rings (SSSR count). The molecule has 5 heteroatoms. The average Bonchev–Trinajstić information content (AvgIpc) is 2.60. The minimum atomic E-state index is -0.620. The van der Waals surface area contributed by atoms with Gasteiger partial charge in [0.25, 0.3) is 5.91 Å². The van der Waals surface area contributed by atoms with Crippen molar-refractivity contribution in [3.05, 3.63) is 47.2 Å². The van der Waals surface area contributed by atoms with E-state index in [-0.39, 0.29) is 24.2 Å². The van der Waals surface area contributed by atoms with Gasteiger partial charge in [-0.1, -0.05) is 18.1 Å². The van der Waals surface area contributed by atoms with Gasteiger partial charge in [0.2, 0.25) is 6.29 Å². The van der Waals surface area contributed by atoms with Gasteiger partial charge in [-0.2, -0.15) is 0 Å². The Balaban J connectivity index is 2.40. The largest absolute Gasteiger partial charge is 0.459 e. The van der Waals surface area contributed by atoms with Crippen molar-refractivity contribution in [2.75, 3.05) is 13.2 Å². The van der Waals surface area contributed by atoms with Crippen LogP contribution >= 0.6 is 0 Å². The first-order valence-corrected chi connectivity index (χ1v) is 8.08. The molecule has 24 heavy (non-hydrogen) atoms. The van der Waals surface area contributed by atoms with Crippen LogP contribution in [0.4, 0.5) is 0 Å². The van der Waals surface area contributed by atoms with Crippen molar-refractivity contribution < 1.29 is 19.4 Å². The van der Waals surface area contributed by atoms with Gasteiger partial charge in [0.05, 0.1) is 0 Å². The van der Waals surface area contributed by atoms with Crippen molar-refractivity contribution in [3.63, 3.8) is 0 Å². The van der Waals surface area contributed by atoms with E-state index in [0.717, 1.165) is 11.1 Å². The number of aliphatic hydroxyl groups excluding tert-OH is 1. The van der Waals surface area contributed by atoms with E-state index in [2.05, 4.69) is 5.92 Å². The minimum Gasteiger partial charge on any atom is -0.459 e. The van der Waals surface area contributed by atoms with Gasteiger partial charge in [0, 0.05) is 30.6 Å². The molecule has 0 spiro atoms. The lowest BCUT2D eigenvalue weighted by molar-refractivity contribution is -0.165. The van der Waals surface area contributed by atoms with Crippen LogP contribution in [0.5, 0.6) is 0 Å². The lowest BCUT2D eigenvalue weighted by Gasteiger charge is -2.36. The van der Waals surface area contributed by atoms with Gasteiger partial charge < -0.3 is 20.3 Å². The molecule has 1 aliphatic rings. The molecule has 1 heterocycles. The molecule has 128 valence electrons. The van der Waals surface area contributed by atoms with E-state index >= 15 is 0 Å². The highest BCUT2D eigenvalue weighted by Crippen LogP contribution is 2.39. The van der Waals surface area contributed by atoms with Crippen molar-refractivity contribution in [2.45, 2.75) is 32.0 Å². The first-order valence-electron chi connectivity index (χ1n) is 8.08. The minimum absolute atomic E-state index is 0.0307. The summed E-state index contributed by atoms with van der Waals surface area (Å²) in [5.74, 6) is 1.95. The summed E-state index contributed by atoms with van der Waals surface area (Å²) in [5.41, 5.74) is 7.20. The van der Waals surface area contributed by atoms with E-state index in [1.807, 2.05) is 31.2 Å². The number of primary amides is 1. The number of ether oxygens (including phenoxy) is 2. The van der Waals surface area contributed by atoms with Crippen LogP contribution in [0.15, 0.2) is 36.1 Å². The fourth-order valence-electron chi connectivity index (χ4n) is 2.96. The molecule has 1 aromatic rings. The van der Waals surface area contributed by atoms with Gasteiger partial charge in [-0.15, -0.1) is 6.42 Å². The van der Waals surface area contributed by atoms with E-state index in [0.29, 0.717) is 19.4 Å². The van der Waals surface area contributed by atoms with Gasteiger partial charge in [-0.3, -0.25) is 4.79 Å². The monoisotopic (exact) mass is 329 g/mol. The Bertz CT molecular complexity index is 630. The molecule has 3 N–H and O–H groups in total. The maximum atomic E-state index is 11.6. The topological polar surface area (TPSA) is 81.8 Å². The molecule has 0 aliphatic carbocycles. The highest BCUT2D eigenvalue weighted by molar-refractivity contribution is 5.90. The van der Waals surface area contributed by atoms with Crippen LogP contribution in [0.3, 0.4) is 0 Å². The van der Waals surface area contributed by atoms with Crippen LogP contribution in [0.25, 0.3) is 0 Å². The van der Waals surface area contributed by atoms with Crippen molar-refractivity contribution in [1.29, 1.82) is 0 Å². The molecule has 0 unspecified atom stereocenters. The van der Waals surface area contributed by atoms with Crippen molar-refractivity contribution in [2.24, 2.45) is 11.7 Å².